The van der Waals surface area contributed by atoms with Gasteiger partial charge in [0.2, 0.25) is 0 Å². The molecule has 0 amide bonds. The Kier molecular flexibility index (Phi) is 4.95. The maximum atomic E-state index is 13.5. The van der Waals surface area contributed by atoms with Crippen molar-refractivity contribution in [2.24, 2.45) is 5.41 Å². The average molecular weight is 300 g/mol. The zero-order chi connectivity index (χ0) is 12.9. The molecule has 0 unspecified atom stereocenters. The van der Waals surface area contributed by atoms with Crippen molar-refractivity contribution in [3.8, 4) is 11.8 Å². The van der Waals surface area contributed by atoms with E-state index in [-0.39, 0.29) is 11.6 Å². The van der Waals surface area contributed by atoms with E-state index in [0.717, 1.165) is 5.56 Å². The molecule has 0 heterocycles. The predicted molar refractivity (Wildman–Crippen MR) is 68.5 cm³/mol. The van der Waals surface area contributed by atoms with Crippen molar-refractivity contribution in [3.63, 3.8) is 0 Å². The molecule has 0 aliphatic carbocycles. The minimum absolute atomic E-state index is 0.239. The molecule has 17 heavy (non-hydrogen) atoms. The lowest BCUT2D eigenvalue weighted by Crippen LogP contribution is -2.13. The Morgan fingerprint density at radius 1 is 1.47 bits per heavy atom. The number of hydrogen-bond acceptors (Lipinski definition) is 2. The van der Waals surface area contributed by atoms with Gasteiger partial charge in [-0.05, 0) is 38.0 Å². The summed E-state index contributed by atoms with van der Waals surface area (Å²) >= 11 is 3.26. The van der Waals surface area contributed by atoms with E-state index in [0.29, 0.717) is 18.4 Å². The van der Waals surface area contributed by atoms with Gasteiger partial charge in [0.1, 0.15) is 0 Å². The molecule has 1 aromatic rings. The van der Waals surface area contributed by atoms with Gasteiger partial charge in [-0.15, -0.1) is 0 Å². The van der Waals surface area contributed by atoms with Gasteiger partial charge in [0.25, 0.3) is 0 Å². The van der Waals surface area contributed by atoms with Crippen molar-refractivity contribution >= 4 is 15.9 Å². The zero-order valence-electron chi connectivity index (χ0n) is 9.96. The van der Waals surface area contributed by atoms with E-state index < -0.39 is 5.41 Å². The Bertz CT molecular complexity index is 426. The first-order chi connectivity index (χ1) is 7.98. The highest BCUT2D eigenvalue weighted by molar-refractivity contribution is 9.08. The number of benzene rings is 1. The summed E-state index contributed by atoms with van der Waals surface area (Å²) in [6.45, 7) is 4.01. The second-order valence-corrected chi connectivity index (χ2v) is 5.05. The third-order valence-corrected chi connectivity index (χ3v) is 3.09. The molecule has 1 aromatic carbocycles. The van der Waals surface area contributed by atoms with Crippen LogP contribution in [0, 0.1) is 22.6 Å². The molecule has 2 nitrogen and oxygen atoms in total. The molecular formula is C13H15BrFNO. The van der Waals surface area contributed by atoms with Crippen LogP contribution < -0.4 is 4.74 Å². The third kappa shape index (κ3) is 4.35. The van der Waals surface area contributed by atoms with E-state index in [4.69, 9.17) is 10.00 Å². The van der Waals surface area contributed by atoms with E-state index in [2.05, 4.69) is 22.0 Å². The van der Waals surface area contributed by atoms with Crippen LogP contribution in [0.3, 0.4) is 0 Å². The highest BCUT2D eigenvalue weighted by atomic mass is 79.9. The van der Waals surface area contributed by atoms with Crippen LogP contribution in [0.15, 0.2) is 18.2 Å². The molecule has 0 aliphatic rings. The smallest absolute Gasteiger partial charge is 0.165 e. The van der Waals surface area contributed by atoms with Crippen molar-refractivity contribution < 1.29 is 9.13 Å². The molecule has 0 aliphatic heterocycles. The Morgan fingerprint density at radius 2 is 2.18 bits per heavy atom. The lowest BCUT2D eigenvalue weighted by atomic mass is 9.92. The monoisotopic (exact) mass is 299 g/mol. The van der Waals surface area contributed by atoms with Crippen LogP contribution in [0.25, 0.3) is 0 Å². The molecule has 92 valence electrons. The first-order valence-corrected chi connectivity index (χ1v) is 6.49. The molecule has 0 saturated heterocycles. The average Bonchev–Trinajstić information content (AvgIpc) is 2.31. The van der Waals surface area contributed by atoms with Crippen molar-refractivity contribution in [2.45, 2.75) is 25.6 Å². The highest BCUT2D eigenvalue weighted by Crippen LogP contribution is 2.22. The summed E-state index contributed by atoms with van der Waals surface area (Å²) in [5, 5.41) is 9.45. The number of nitrogens with zero attached hydrogens (tertiary/aromatic N) is 1. The summed E-state index contributed by atoms with van der Waals surface area (Å²) in [5.41, 5.74) is 0.430. The highest BCUT2D eigenvalue weighted by Gasteiger charge is 2.16. The molecule has 0 atom stereocenters. The molecule has 0 fully saturated rings. The van der Waals surface area contributed by atoms with Crippen LogP contribution in [0.5, 0.6) is 5.75 Å². The van der Waals surface area contributed by atoms with Gasteiger partial charge in [0.15, 0.2) is 11.6 Å². The summed E-state index contributed by atoms with van der Waals surface area (Å²) in [4.78, 5) is 0. The second kappa shape index (κ2) is 6.02. The largest absolute Gasteiger partial charge is 0.490 e. The van der Waals surface area contributed by atoms with Crippen LogP contribution >= 0.6 is 15.9 Å². The molecule has 0 saturated carbocycles. The number of halogens is 2. The Labute approximate surface area is 110 Å². The van der Waals surface area contributed by atoms with Gasteiger partial charge >= 0.3 is 0 Å². The number of alkyl halides is 1. The fourth-order valence-electron chi connectivity index (χ4n) is 1.22. The summed E-state index contributed by atoms with van der Waals surface area (Å²) in [6.07, 6.45) is 0.573. The summed E-state index contributed by atoms with van der Waals surface area (Å²) < 4.78 is 18.9. The fraction of sp³-hybridized carbons (Fsp3) is 0.462. The Balaban J connectivity index is 2.56. The van der Waals surface area contributed by atoms with Gasteiger partial charge in [-0.3, -0.25) is 0 Å². The van der Waals surface area contributed by atoms with Gasteiger partial charge < -0.3 is 4.74 Å². The number of nitriles is 1. The standard InChI is InChI=1S/C13H15BrFNO/c1-13(2,9-16)5-6-17-12-4-3-10(8-14)7-11(12)15/h3-4,7H,5-6,8H2,1-2H3. The van der Waals surface area contributed by atoms with Crippen molar-refractivity contribution in [3.05, 3.63) is 29.6 Å². The summed E-state index contributed by atoms with van der Waals surface area (Å²) in [6, 6.07) is 7.05. The molecule has 4 heteroatoms. The van der Waals surface area contributed by atoms with Crippen molar-refractivity contribution in [1.29, 1.82) is 5.26 Å². The van der Waals surface area contributed by atoms with Crippen molar-refractivity contribution in [1.82, 2.24) is 0 Å². The van der Waals surface area contributed by atoms with E-state index in [1.165, 1.54) is 6.07 Å². The first kappa shape index (κ1) is 14.0. The quantitative estimate of drug-likeness (QED) is 0.769. The minimum Gasteiger partial charge on any atom is -0.490 e. The molecule has 0 aromatic heterocycles. The van der Waals surface area contributed by atoms with Crippen LogP contribution in [-0.4, -0.2) is 6.61 Å². The Morgan fingerprint density at radius 3 is 2.71 bits per heavy atom. The SMILES string of the molecule is CC(C)(C#N)CCOc1ccc(CBr)cc1F. The Hall–Kier alpha value is -1.08. The first-order valence-electron chi connectivity index (χ1n) is 5.37. The van der Waals surface area contributed by atoms with Gasteiger partial charge in [-0.2, -0.15) is 5.26 Å². The zero-order valence-corrected chi connectivity index (χ0v) is 11.6. The molecule has 1 rings (SSSR count). The van der Waals surface area contributed by atoms with Gasteiger partial charge in [-0.25, -0.2) is 4.39 Å². The van der Waals surface area contributed by atoms with Crippen LogP contribution in [-0.2, 0) is 5.33 Å². The molecule has 0 spiro atoms. The van der Waals surface area contributed by atoms with Gasteiger partial charge in [0, 0.05) is 5.33 Å². The number of rotatable bonds is 5. The second-order valence-electron chi connectivity index (χ2n) is 4.49. The molecule has 0 radical (unpaired) electrons. The van der Waals surface area contributed by atoms with E-state index in [9.17, 15) is 4.39 Å². The number of hydrogen-bond donors (Lipinski definition) is 0. The minimum atomic E-state index is -0.438. The van der Waals surface area contributed by atoms with E-state index in [1.54, 1.807) is 6.07 Å². The fourth-order valence-corrected chi connectivity index (χ4v) is 1.57. The predicted octanol–water partition coefficient (Wildman–Crippen LogP) is 4.04. The molecular weight excluding hydrogens is 285 g/mol. The topological polar surface area (TPSA) is 33.0 Å². The maximum absolute atomic E-state index is 13.5. The van der Waals surface area contributed by atoms with Crippen LogP contribution in [0.4, 0.5) is 4.39 Å². The van der Waals surface area contributed by atoms with Crippen LogP contribution in [0.1, 0.15) is 25.8 Å². The maximum Gasteiger partial charge on any atom is 0.165 e. The number of ether oxygens (including phenoxy) is 1. The summed E-state index contributed by atoms with van der Waals surface area (Å²) in [7, 11) is 0. The molecule has 0 bridgehead atoms. The van der Waals surface area contributed by atoms with Gasteiger partial charge in [-0.1, -0.05) is 22.0 Å². The lowest BCUT2D eigenvalue weighted by molar-refractivity contribution is 0.254. The molecule has 0 N–H and O–H groups in total. The lowest BCUT2D eigenvalue weighted by Gasteiger charge is -2.15. The van der Waals surface area contributed by atoms with E-state index in [1.807, 2.05) is 19.9 Å². The third-order valence-electron chi connectivity index (χ3n) is 2.44. The summed E-state index contributed by atoms with van der Waals surface area (Å²) in [5.74, 6) is -0.125. The van der Waals surface area contributed by atoms with Crippen molar-refractivity contribution in [2.75, 3.05) is 6.61 Å². The van der Waals surface area contributed by atoms with Crippen LogP contribution in [0.2, 0.25) is 0 Å². The van der Waals surface area contributed by atoms with E-state index >= 15 is 0 Å². The van der Waals surface area contributed by atoms with Gasteiger partial charge in [0.05, 0.1) is 18.1 Å². The normalized spacial score (nSPS) is 11.0.